The molecule has 0 radical (unpaired) electrons. The van der Waals surface area contributed by atoms with E-state index in [0.29, 0.717) is 10.8 Å². The molecule has 0 atom stereocenters. The molecule has 1 aromatic carbocycles. The van der Waals surface area contributed by atoms with Crippen molar-refractivity contribution in [1.29, 1.82) is 0 Å². The van der Waals surface area contributed by atoms with Crippen molar-refractivity contribution in [1.82, 2.24) is 4.90 Å². The maximum Gasteiger partial charge on any atom is 0.198 e. The molecule has 2 heterocycles. The zero-order valence-corrected chi connectivity index (χ0v) is 18.7. The molecule has 0 bridgehead atoms. The number of piperidine rings is 1. The van der Waals surface area contributed by atoms with E-state index in [2.05, 4.69) is 10.2 Å². The van der Waals surface area contributed by atoms with Gasteiger partial charge in [0.2, 0.25) is 0 Å². The number of benzene rings is 1. The van der Waals surface area contributed by atoms with E-state index in [9.17, 15) is 8.42 Å². The molecule has 26 heavy (non-hydrogen) atoms. The molecule has 5 nitrogen and oxygen atoms in total. The van der Waals surface area contributed by atoms with Crippen LogP contribution >= 0.6 is 35.3 Å². The molecule has 0 amide bonds. The summed E-state index contributed by atoms with van der Waals surface area (Å²) in [4.78, 5) is 7.98. The third kappa shape index (κ3) is 5.95. The van der Waals surface area contributed by atoms with Crippen LogP contribution in [0.15, 0.2) is 51.7 Å². The Morgan fingerprint density at radius 3 is 2.42 bits per heavy atom. The summed E-state index contributed by atoms with van der Waals surface area (Å²) >= 11 is 1.29. The Bertz CT molecular complexity index is 829. The molecule has 0 saturated carbocycles. The maximum atomic E-state index is 11.6. The molecule has 1 aliphatic rings. The standard InChI is InChI=1S/C18H23N3O2S2.HI/c1-25(22,23)17-11-10-16(24-17)14-19-18(21-12-6-3-7-13-21)20-15-8-4-2-5-9-15;/h2,4-5,8-11H,3,6-7,12-14H2,1H3,(H,19,20);1H. The number of aliphatic imine (C=N–C) groups is 1. The summed E-state index contributed by atoms with van der Waals surface area (Å²) in [6.45, 7) is 2.47. The molecule has 142 valence electrons. The molecule has 1 N–H and O–H groups in total. The zero-order valence-electron chi connectivity index (χ0n) is 14.7. The van der Waals surface area contributed by atoms with Crippen LogP contribution in [0.5, 0.6) is 0 Å². The lowest BCUT2D eigenvalue weighted by Gasteiger charge is -2.30. The predicted octanol–water partition coefficient (Wildman–Crippen LogP) is 4.22. The minimum atomic E-state index is -3.15. The smallest absolute Gasteiger partial charge is 0.198 e. The van der Waals surface area contributed by atoms with Crippen LogP contribution in [-0.4, -0.2) is 38.6 Å². The number of sulfone groups is 1. The first-order chi connectivity index (χ1) is 12.0. The molecule has 1 fully saturated rings. The Morgan fingerprint density at radius 1 is 1.12 bits per heavy atom. The quantitative estimate of drug-likeness (QED) is 0.384. The summed E-state index contributed by atoms with van der Waals surface area (Å²) < 4.78 is 23.7. The number of anilines is 1. The van der Waals surface area contributed by atoms with E-state index < -0.39 is 9.84 Å². The summed E-state index contributed by atoms with van der Waals surface area (Å²) in [5.74, 6) is 0.861. The van der Waals surface area contributed by atoms with E-state index in [0.717, 1.165) is 29.6 Å². The monoisotopic (exact) mass is 505 g/mol. The summed E-state index contributed by atoms with van der Waals surface area (Å²) in [5, 5.41) is 3.42. The number of halogens is 1. The average Bonchev–Trinajstić information content (AvgIpc) is 3.10. The van der Waals surface area contributed by atoms with Crippen molar-refractivity contribution in [2.75, 3.05) is 24.7 Å². The molecule has 1 aromatic heterocycles. The number of guanidine groups is 1. The van der Waals surface area contributed by atoms with Crippen molar-refractivity contribution in [3.05, 3.63) is 47.3 Å². The first-order valence-electron chi connectivity index (χ1n) is 8.42. The molecule has 1 saturated heterocycles. The summed E-state index contributed by atoms with van der Waals surface area (Å²) in [6.07, 6.45) is 4.85. The van der Waals surface area contributed by atoms with Crippen LogP contribution in [0.1, 0.15) is 24.1 Å². The highest BCUT2D eigenvalue weighted by atomic mass is 127. The number of hydrogen-bond acceptors (Lipinski definition) is 4. The van der Waals surface area contributed by atoms with Gasteiger partial charge in [-0.05, 0) is 43.5 Å². The SMILES string of the molecule is CS(=O)(=O)c1ccc(CN=C(Nc2ccccc2)N2CCCCC2)s1.I. The van der Waals surface area contributed by atoms with E-state index in [4.69, 9.17) is 4.99 Å². The van der Waals surface area contributed by atoms with Crippen molar-refractivity contribution in [3.8, 4) is 0 Å². The molecular weight excluding hydrogens is 481 g/mol. The Morgan fingerprint density at radius 2 is 1.81 bits per heavy atom. The van der Waals surface area contributed by atoms with E-state index in [1.807, 2.05) is 36.4 Å². The highest BCUT2D eigenvalue weighted by Crippen LogP contribution is 2.22. The van der Waals surface area contributed by atoms with Gasteiger partial charge in [-0.15, -0.1) is 35.3 Å². The van der Waals surface area contributed by atoms with Crippen LogP contribution in [-0.2, 0) is 16.4 Å². The van der Waals surface area contributed by atoms with Gasteiger partial charge in [0.1, 0.15) is 4.21 Å². The fourth-order valence-electron chi connectivity index (χ4n) is 2.77. The van der Waals surface area contributed by atoms with Crippen molar-refractivity contribution in [2.45, 2.75) is 30.0 Å². The average molecular weight is 505 g/mol. The molecule has 0 spiro atoms. The second kappa shape index (κ2) is 9.70. The summed E-state index contributed by atoms with van der Waals surface area (Å²) in [7, 11) is -3.15. The molecule has 0 aliphatic carbocycles. The Labute approximate surface area is 176 Å². The van der Waals surface area contributed by atoms with Gasteiger partial charge in [0.05, 0.1) is 6.54 Å². The first-order valence-corrected chi connectivity index (χ1v) is 11.1. The van der Waals surface area contributed by atoms with Gasteiger partial charge in [0.15, 0.2) is 15.8 Å². The van der Waals surface area contributed by atoms with Crippen LogP contribution in [0.3, 0.4) is 0 Å². The van der Waals surface area contributed by atoms with Gasteiger partial charge < -0.3 is 10.2 Å². The van der Waals surface area contributed by atoms with Crippen molar-refractivity contribution in [3.63, 3.8) is 0 Å². The lowest BCUT2D eigenvalue weighted by atomic mass is 10.1. The van der Waals surface area contributed by atoms with Gasteiger partial charge in [-0.3, -0.25) is 0 Å². The number of thiophene rings is 1. The summed E-state index contributed by atoms with van der Waals surface area (Å²) in [6, 6.07) is 13.5. The molecule has 1 aliphatic heterocycles. The number of para-hydroxylation sites is 1. The third-order valence-corrected chi connectivity index (χ3v) is 6.96. The van der Waals surface area contributed by atoms with Gasteiger partial charge in [0, 0.05) is 29.9 Å². The third-order valence-electron chi connectivity index (χ3n) is 4.07. The molecule has 3 rings (SSSR count). The topological polar surface area (TPSA) is 61.8 Å². The van der Waals surface area contributed by atoms with Crippen molar-refractivity contribution >= 4 is 56.8 Å². The van der Waals surface area contributed by atoms with E-state index in [-0.39, 0.29) is 24.0 Å². The summed E-state index contributed by atoms with van der Waals surface area (Å²) in [5.41, 5.74) is 1.01. The lowest BCUT2D eigenvalue weighted by molar-refractivity contribution is 0.340. The van der Waals surface area contributed by atoms with Gasteiger partial charge in [0.25, 0.3) is 0 Å². The fourth-order valence-corrected chi connectivity index (χ4v) is 4.67. The zero-order chi connectivity index (χ0) is 17.7. The minimum Gasteiger partial charge on any atom is -0.343 e. The predicted molar refractivity (Wildman–Crippen MR) is 119 cm³/mol. The molecule has 2 aromatic rings. The van der Waals surface area contributed by atoms with E-state index in [1.165, 1.54) is 36.9 Å². The molecule has 8 heteroatoms. The van der Waals surface area contributed by atoms with Gasteiger partial charge >= 0.3 is 0 Å². The Kier molecular flexibility index (Phi) is 7.90. The Balaban J connectivity index is 0.00000243. The van der Waals surface area contributed by atoms with Crippen LogP contribution in [0.25, 0.3) is 0 Å². The minimum absolute atomic E-state index is 0. The highest BCUT2D eigenvalue weighted by molar-refractivity contribution is 14.0. The van der Waals surface area contributed by atoms with Gasteiger partial charge in [-0.25, -0.2) is 13.4 Å². The second-order valence-electron chi connectivity index (χ2n) is 6.17. The van der Waals surface area contributed by atoms with Crippen LogP contribution in [0.2, 0.25) is 0 Å². The van der Waals surface area contributed by atoms with Gasteiger partial charge in [-0.1, -0.05) is 18.2 Å². The second-order valence-corrected chi connectivity index (χ2v) is 9.58. The number of rotatable bonds is 4. The van der Waals surface area contributed by atoms with Crippen molar-refractivity contribution in [2.24, 2.45) is 4.99 Å². The largest absolute Gasteiger partial charge is 0.343 e. The Hall–Kier alpha value is -1.13. The van der Waals surface area contributed by atoms with Crippen LogP contribution in [0, 0.1) is 0 Å². The molecule has 0 unspecified atom stereocenters. The first kappa shape index (κ1) is 21.2. The number of hydrogen-bond donors (Lipinski definition) is 1. The lowest BCUT2D eigenvalue weighted by Crippen LogP contribution is -2.40. The van der Waals surface area contributed by atoms with Gasteiger partial charge in [-0.2, -0.15) is 0 Å². The fraction of sp³-hybridized carbons (Fsp3) is 0.389. The molecular formula is C18H24IN3O2S2. The van der Waals surface area contributed by atoms with Crippen molar-refractivity contribution < 1.29 is 8.42 Å². The normalized spacial score (nSPS) is 15.4. The van der Waals surface area contributed by atoms with Crippen LogP contribution in [0.4, 0.5) is 5.69 Å². The number of nitrogens with zero attached hydrogens (tertiary/aromatic N) is 2. The number of likely N-dealkylation sites (tertiary alicyclic amines) is 1. The highest BCUT2D eigenvalue weighted by Gasteiger charge is 2.16. The van der Waals surface area contributed by atoms with E-state index in [1.54, 1.807) is 6.07 Å². The van der Waals surface area contributed by atoms with Crippen LogP contribution < -0.4 is 5.32 Å². The van der Waals surface area contributed by atoms with E-state index >= 15 is 0 Å². The number of nitrogens with one attached hydrogen (secondary N) is 1. The maximum absolute atomic E-state index is 11.6.